The smallest absolute Gasteiger partial charge is 0.284 e. The maximum atomic E-state index is 14.1. The molecule has 1 aromatic carbocycles. The molecule has 45 heavy (non-hydrogen) atoms. The Bertz CT molecular complexity index is 1660. The normalized spacial score (nSPS) is 21.6. The molecule has 3 saturated heterocycles. The Morgan fingerprint density at radius 2 is 1.71 bits per heavy atom. The zero-order valence-corrected chi connectivity index (χ0v) is 24.4. The van der Waals surface area contributed by atoms with Gasteiger partial charge in [-0.05, 0) is 37.0 Å². The van der Waals surface area contributed by atoms with Crippen LogP contribution in [0.2, 0.25) is 0 Å². The van der Waals surface area contributed by atoms with Crippen LogP contribution in [0.5, 0.6) is 0 Å². The van der Waals surface area contributed by atoms with E-state index in [9.17, 15) is 28.0 Å². The van der Waals surface area contributed by atoms with Crippen LogP contribution >= 0.6 is 0 Å². The van der Waals surface area contributed by atoms with Crippen molar-refractivity contribution in [3.05, 3.63) is 59.0 Å². The fourth-order valence-electron chi connectivity index (χ4n) is 6.63. The summed E-state index contributed by atoms with van der Waals surface area (Å²) >= 11 is 0. The summed E-state index contributed by atoms with van der Waals surface area (Å²) in [6.45, 7) is 4.30. The summed E-state index contributed by atoms with van der Waals surface area (Å²) in [5.74, 6) is -1.41. The Morgan fingerprint density at radius 1 is 0.956 bits per heavy atom. The molecule has 13 nitrogen and oxygen atoms in total. The highest BCUT2D eigenvalue weighted by Gasteiger charge is 2.44. The van der Waals surface area contributed by atoms with Gasteiger partial charge < -0.3 is 9.64 Å². The second kappa shape index (κ2) is 11.8. The molecule has 0 spiro atoms. The van der Waals surface area contributed by atoms with E-state index in [1.807, 2.05) is 6.07 Å². The molecule has 3 aromatic rings. The molecule has 4 aliphatic rings. The van der Waals surface area contributed by atoms with Crippen LogP contribution in [0.25, 0.3) is 5.69 Å². The third-order valence-electron chi connectivity index (χ3n) is 8.97. The number of amides is 4. The lowest BCUT2D eigenvalue weighted by atomic mass is 10.0. The quantitative estimate of drug-likeness (QED) is 0.393. The topological polar surface area (TPSA) is 135 Å². The summed E-state index contributed by atoms with van der Waals surface area (Å²) in [6, 6.07) is 5.83. The molecule has 15 heteroatoms. The first-order valence-corrected chi connectivity index (χ1v) is 15.1. The summed E-state index contributed by atoms with van der Waals surface area (Å²) in [7, 11) is 0. The van der Waals surface area contributed by atoms with E-state index in [0.717, 1.165) is 16.3 Å². The minimum Gasteiger partial charge on any atom is -0.378 e. The number of imide groups is 2. The number of nitrogens with zero attached hydrogens (tertiary/aromatic N) is 7. The van der Waals surface area contributed by atoms with E-state index < -0.39 is 36.1 Å². The number of carbonyl (C=O) groups excluding carboxylic acids is 4. The van der Waals surface area contributed by atoms with Crippen LogP contribution in [0.15, 0.2) is 36.7 Å². The van der Waals surface area contributed by atoms with Gasteiger partial charge in [-0.25, -0.2) is 13.5 Å². The number of piperidine rings is 2. The molecule has 0 saturated carbocycles. The maximum absolute atomic E-state index is 14.1. The van der Waals surface area contributed by atoms with E-state index in [0.29, 0.717) is 58.8 Å². The lowest BCUT2D eigenvalue weighted by Crippen LogP contribution is -2.54. The van der Waals surface area contributed by atoms with Gasteiger partial charge in [0.25, 0.3) is 18.2 Å². The molecule has 0 radical (unpaired) electrons. The maximum Gasteiger partial charge on any atom is 0.284 e. The lowest BCUT2D eigenvalue weighted by Gasteiger charge is -2.32. The number of aromatic nitrogens is 4. The molecule has 4 amide bonds. The van der Waals surface area contributed by atoms with Gasteiger partial charge in [0.05, 0.1) is 42.8 Å². The van der Waals surface area contributed by atoms with Crippen LogP contribution in [-0.4, -0.2) is 98.4 Å². The molecular weight excluding hydrogens is 590 g/mol. The van der Waals surface area contributed by atoms with Crippen molar-refractivity contribution in [2.24, 2.45) is 0 Å². The molecule has 2 aromatic heterocycles. The van der Waals surface area contributed by atoms with Crippen LogP contribution in [0.1, 0.15) is 70.1 Å². The fraction of sp³-hybridized carbons (Fsp3) is 0.467. The van der Waals surface area contributed by atoms with Crippen molar-refractivity contribution < 1.29 is 32.7 Å². The van der Waals surface area contributed by atoms with Gasteiger partial charge >= 0.3 is 0 Å². The van der Waals surface area contributed by atoms with Gasteiger partial charge in [0, 0.05) is 45.2 Å². The number of fused-ring (bicyclic) bond motifs is 1. The highest BCUT2D eigenvalue weighted by atomic mass is 19.3. The number of ether oxygens (including phenoxy) is 1. The van der Waals surface area contributed by atoms with Gasteiger partial charge in [-0.2, -0.15) is 10.2 Å². The Morgan fingerprint density at radius 3 is 2.44 bits per heavy atom. The predicted octanol–water partition coefficient (Wildman–Crippen LogP) is 2.08. The number of benzene rings is 1. The number of nitrogens with one attached hydrogen (secondary N) is 1. The third-order valence-corrected chi connectivity index (χ3v) is 8.97. The number of likely N-dealkylation sites (tertiary alicyclic amines) is 1. The van der Waals surface area contributed by atoms with Crippen molar-refractivity contribution in [3.63, 3.8) is 0 Å². The van der Waals surface area contributed by atoms with Crippen LogP contribution in [0.4, 0.5) is 14.6 Å². The summed E-state index contributed by atoms with van der Waals surface area (Å²) in [4.78, 5) is 55.3. The van der Waals surface area contributed by atoms with Crippen molar-refractivity contribution in [2.75, 3.05) is 44.3 Å². The molecule has 1 unspecified atom stereocenters. The van der Waals surface area contributed by atoms with Gasteiger partial charge in [-0.1, -0.05) is 6.07 Å². The summed E-state index contributed by atoms with van der Waals surface area (Å²) in [5, 5.41) is 10.9. The Labute approximate surface area is 256 Å². The first kappa shape index (κ1) is 29.2. The first-order chi connectivity index (χ1) is 21.8. The van der Waals surface area contributed by atoms with Crippen molar-refractivity contribution in [3.8, 4) is 5.69 Å². The molecule has 4 aliphatic heterocycles. The summed E-state index contributed by atoms with van der Waals surface area (Å²) < 4.78 is 36.9. The lowest BCUT2D eigenvalue weighted by molar-refractivity contribution is -0.136. The summed E-state index contributed by atoms with van der Waals surface area (Å²) in [5.41, 5.74) is 1.29. The van der Waals surface area contributed by atoms with Crippen LogP contribution in [0, 0.1) is 0 Å². The Kier molecular flexibility index (Phi) is 7.65. The van der Waals surface area contributed by atoms with E-state index in [2.05, 4.69) is 25.3 Å². The molecule has 6 heterocycles. The van der Waals surface area contributed by atoms with Crippen molar-refractivity contribution >= 4 is 29.4 Å². The molecule has 7 rings (SSSR count). The zero-order valence-electron chi connectivity index (χ0n) is 24.4. The molecule has 236 valence electrons. The van der Waals surface area contributed by atoms with Crippen molar-refractivity contribution in [1.82, 2.24) is 34.7 Å². The van der Waals surface area contributed by atoms with E-state index in [-0.39, 0.29) is 41.4 Å². The first-order valence-electron chi connectivity index (χ1n) is 15.1. The van der Waals surface area contributed by atoms with E-state index in [4.69, 9.17) is 4.74 Å². The van der Waals surface area contributed by atoms with Crippen molar-refractivity contribution in [1.29, 1.82) is 0 Å². The molecule has 0 aliphatic carbocycles. The van der Waals surface area contributed by atoms with E-state index in [1.54, 1.807) is 35.3 Å². The zero-order chi connectivity index (χ0) is 31.2. The van der Waals surface area contributed by atoms with Crippen molar-refractivity contribution in [2.45, 2.75) is 50.7 Å². The largest absolute Gasteiger partial charge is 0.378 e. The fourth-order valence-corrected chi connectivity index (χ4v) is 6.63. The number of hydrogen-bond donors (Lipinski definition) is 1. The Balaban J connectivity index is 1.02. The molecular formula is C30H32F2N8O5. The number of alkyl halides is 2. The average Bonchev–Trinajstić information content (AvgIpc) is 3.76. The predicted molar refractivity (Wildman–Crippen MR) is 154 cm³/mol. The number of morpholine rings is 1. The second-order valence-corrected chi connectivity index (χ2v) is 11.7. The minimum atomic E-state index is -2.76. The van der Waals surface area contributed by atoms with Crippen LogP contribution in [0.3, 0.4) is 0 Å². The van der Waals surface area contributed by atoms with E-state index >= 15 is 0 Å². The average molecular weight is 623 g/mol. The number of rotatable bonds is 7. The standard InChI is InChI=1S/C30H32F2N8O5/c31-27(32)26-23(40-25(5-8-33-40)37-11-13-45-14-12-37)17-38(35-26)19-6-9-36(10-7-19)16-18-1-2-20-21(15-18)30(44)39(29(20)43)22-3-4-24(41)34-28(22)42/h1-2,5,8,15,17,19,22,27H,3-4,6-7,9-14,16H2,(H,34,41,42). The van der Waals surface area contributed by atoms with Gasteiger partial charge in [0.2, 0.25) is 11.8 Å². The number of halogens is 2. The van der Waals surface area contributed by atoms with Gasteiger partial charge in [0.15, 0.2) is 5.69 Å². The van der Waals surface area contributed by atoms with Gasteiger partial charge in [-0.15, -0.1) is 0 Å². The van der Waals surface area contributed by atoms with Gasteiger partial charge in [-0.3, -0.25) is 39.0 Å². The molecule has 3 fully saturated rings. The minimum absolute atomic E-state index is 0.0625. The molecule has 1 N–H and O–H groups in total. The highest BCUT2D eigenvalue weighted by molar-refractivity contribution is 6.23. The Hall–Kier alpha value is -4.50. The van der Waals surface area contributed by atoms with E-state index in [1.165, 1.54) is 4.68 Å². The SMILES string of the molecule is O=C1CCC(N2C(=O)c3ccc(CN4CCC(n5cc(-n6nccc6N6CCOCC6)c(C(F)F)n5)CC4)cc3C2=O)C(=O)N1. The number of hydrogen-bond acceptors (Lipinski definition) is 9. The van der Waals surface area contributed by atoms with Crippen LogP contribution < -0.4 is 10.2 Å². The second-order valence-electron chi connectivity index (χ2n) is 11.7. The number of carbonyl (C=O) groups is 4. The highest BCUT2D eigenvalue weighted by Crippen LogP contribution is 2.33. The molecule has 1 atom stereocenters. The summed E-state index contributed by atoms with van der Waals surface area (Å²) in [6.07, 6.45) is 2.04. The monoisotopic (exact) mass is 622 g/mol. The third kappa shape index (κ3) is 5.39. The molecule has 0 bridgehead atoms. The van der Waals surface area contributed by atoms with Gasteiger partial charge in [0.1, 0.15) is 17.5 Å². The number of anilines is 1. The van der Waals surface area contributed by atoms with Crippen LogP contribution in [-0.2, 0) is 20.9 Å².